The Labute approximate surface area is 90.5 Å². The van der Waals surface area contributed by atoms with Gasteiger partial charge in [-0.1, -0.05) is 13.8 Å². The second-order valence-corrected chi connectivity index (χ2v) is 4.02. The number of carboxylic acid groups (broad SMARTS) is 2. The summed E-state index contributed by atoms with van der Waals surface area (Å²) in [5.41, 5.74) is -3.18. The van der Waals surface area contributed by atoms with Crippen LogP contribution in [0.25, 0.3) is 0 Å². The molecule has 2 unspecified atom stereocenters. The molecule has 1 aliphatic carbocycles. The van der Waals surface area contributed by atoms with E-state index in [4.69, 9.17) is 10.2 Å². The number of allylic oxidation sites excluding steroid dienone is 1. The fraction of sp³-hybridized carbons (Fsp3) is 0.556. The van der Waals surface area contributed by atoms with Gasteiger partial charge in [0.25, 0.3) is 0 Å². The summed E-state index contributed by atoms with van der Waals surface area (Å²) in [6.07, 6.45) is 1.63. The van der Waals surface area contributed by atoms with Gasteiger partial charge in [-0.25, -0.2) is 0 Å². The first kappa shape index (κ1) is 12.2. The summed E-state index contributed by atoms with van der Waals surface area (Å²) < 4.78 is 0. The number of carboxylic acids is 2. The minimum Gasteiger partial charge on any atom is -0.480 e. The number of hydrogen-bond acceptors (Lipinski definition) is 4. The first-order valence-corrected chi connectivity index (χ1v) is 4.51. The molecule has 0 aliphatic heterocycles. The lowest BCUT2D eigenvalue weighted by Gasteiger charge is -2.09. The summed E-state index contributed by atoms with van der Waals surface area (Å²) in [6, 6.07) is 0. The summed E-state index contributed by atoms with van der Waals surface area (Å²) in [5, 5.41) is 28.1. The lowest BCUT2D eigenvalue weighted by molar-refractivity contribution is -0.403. The fourth-order valence-corrected chi connectivity index (χ4v) is 2.28. The van der Waals surface area contributed by atoms with Crippen molar-refractivity contribution in [2.45, 2.75) is 13.8 Å². The minimum atomic E-state index is -1.96. The number of carbonyl (C=O) groups is 2. The highest BCUT2D eigenvalue weighted by Crippen LogP contribution is 2.70. The molecule has 1 aliphatic rings. The van der Waals surface area contributed by atoms with Crippen molar-refractivity contribution < 1.29 is 24.7 Å². The van der Waals surface area contributed by atoms with Gasteiger partial charge in [-0.05, 0) is 12.0 Å². The van der Waals surface area contributed by atoms with Gasteiger partial charge in [-0.2, -0.15) is 0 Å². The molecule has 0 bridgehead atoms. The fourth-order valence-electron chi connectivity index (χ4n) is 2.28. The quantitative estimate of drug-likeness (QED) is 0.413. The molecule has 0 spiro atoms. The molecule has 1 rings (SSSR count). The Morgan fingerprint density at radius 3 is 2.06 bits per heavy atom. The van der Waals surface area contributed by atoms with Crippen LogP contribution in [-0.4, -0.2) is 27.1 Å². The van der Waals surface area contributed by atoms with Gasteiger partial charge in [0, 0.05) is 5.41 Å². The van der Waals surface area contributed by atoms with Crippen molar-refractivity contribution in [3.8, 4) is 0 Å². The Hall–Kier alpha value is -1.92. The average molecular weight is 229 g/mol. The van der Waals surface area contributed by atoms with Crippen LogP contribution in [-0.2, 0) is 9.59 Å². The normalized spacial score (nSPS) is 31.2. The van der Waals surface area contributed by atoms with Gasteiger partial charge in [0.2, 0.25) is 6.20 Å². The lowest BCUT2D eigenvalue weighted by Crippen LogP contribution is -2.31. The highest BCUT2D eigenvalue weighted by Gasteiger charge is 2.80. The van der Waals surface area contributed by atoms with E-state index in [1.807, 2.05) is 0 Å². The smallest absolute Gasteiger partial charge is 0.322 e. The maximum atomic E-state index is 11.0. The van der Waals surface area contributed by atoms with Crippen molar-refractivity contribution in [3.05, 3.63) is 22.4 Å². The molecule has 7 heteroatoms. The zero-order valence-electron chi connectivity index (χ0n) is 8.71. The van der Waals surface area contributed by atoms with Gasteiger partial charge in [-0.3, -0.25) is 19.7 Å². The summed E-state index contributed by atoms with van der Waals surface area (Å²) in [6.45, 7) is 2.84. The SMILES string of the molecule is CC1C(C)(/C=C/[N+](=O)[O-])C1(C(=O)O)C(=O)O. The van der Waals surface area contributed by atoms with E-state index in [9.17, 15) is 19.7 Å². The highest BCUT2D eigenvalue weighted by molar-refractivity contribution is 6.04. The molecule has 2 N–H and O–H groups in total. The largest absolute Gasteiger partial charge is 0.480 e. The number of nitrogens with zero attached hydrogens (tertiary/aromatic N) is 1. The van der Waals surface area contributed by atoms with E-state index in [-0.39, 0.29) is 0 Å². The third-order valence-corrected chi connectivity index (χ3v) is 3.53. The zero-order valence-corrected chi connectivity index (χ0v) is 8.71. The van der Waals surface area contributed by atoms with E-state index in [0.717, 1.165) is 6.08 Å². The van der Waals surface area contributed by atoms with Crippen molar-refractivity contribution >= 4 is 11.9 Å². The molecular weight excluding hydrogens is 218 g/mol. The van der Waals surface area contributed by atoms with E-state index in [1.165, 1.54) is 13.8 Å². The Morgan fingerprint density at radius 2 is 1.81 bits per heavy atom. The molecule has 0 saturated heterocycles. The Morgan fingerprint density at radius 1 is 1.38 bits per heavy atom. The number of aliphatic carboxylic acids is 2. The van der Waals surface area contributed by atoms with Crippen LogP contribution < -0.4 is 0 Å². The molecule has 2 atom stereocenters. The molecule has 0 aromatic heterocycles. The van der Waals surface area contributed by atoms with Crippen molar-refractivity contribution in [3.63, 3.8) is 0 Å². The summed E-state index contributed by atoms with van der Waals surface area (Å²) in [5.74, 6) is -3.63. The Bertz CT molecular complexity index is 387. The predicted octanol–water partition coefficient (Wildman–Crippen LogP) is 0.588. The first-order chi connectivity index (χ1) is 7.21. The predicted molar refractivity (Wildman–Crippen MR) is 51.1 cm³/mol. The summed E-state index contributed by atoms with van der Waals surface area (Å²) >= 11 is 0. The molecule has 0 heterocycles. The monoisotopic (exact) mass is 229 g/mol. The van der Waals surface area contributed by atoms with Crippen LogP contribution in [0, 0.1) is 26.9 Å². The van der Waals surface area contributed by atoms with Crippen molar-refractivity contribution in [1.29, 1.82) is 0 Å². The van der Waals surface area contributed by atoms with Crippen LogP contribution in [0.15, 0.2) is 12.3 Å². The second-order valence-electron chi connectivity index (χ2n) is 4.02. The van der Waals surface area contributed by atoms with Crippen LogP contribution in [0.3, 0.4) is 0 Å². The van der Waals surface area contributed by atoms with Crippen LogP contribution in [0.1, 0.15) is 13.8 Å². The molecule has 1 saturated carbocycles. The Balaban J connectivity index is 3.15. The third-order valence-electron chi connectivity index (χ3n) is 3.53. The van der Waals surface area contributed by atoms with Crippen molar-refractivity contribution in [2.75, 3.05) is 0 Å². The van der Waals surface area contributed by atoms with E-state index in [2.05, 4.69) is 0 Å². The molecule has 0 aromatic carbocycles. The van der Waals surface area contributed by atoms with E-state index < -0.39 is 33.6 Å². The van der Waals surface area contributed by atoms with Crippen LogP contribution in [0.5, 0.6) is 0 Å². The van der Waals surface area contributed by atoms with Gasteiger partial charge in [0.05, 0.1) is 4.92 Å². The molecule has 0 aromatic rings. The highest BCUT2D eigenvalue weighted by atomic mass is 16.6. The molecule has 16 heavy (non-hydrogen) atoms. The van der Waals surface area contributed by atoms with Crippen LogP contribution in [0.4, 0.5) is 0 Å². The van der Waals surface area contributed by atoms with Gasteiger partial charge in [0.15, 0.2) is 5.41 Å². The summed E-state index contributed by atoms with van der Waals surface area (Å²) in [4.78, 5) is 31.4. The zero-order chi connectivity index (χ0) is 12.7. The van der Waals surface area contributed by atoms with E-state index in [0.29, 0.717) is 6.20 Å². The molecule has 7 nitrogen and oxygen atoms in total. The Kier molecular flexibility index (Phi) is 2.50. The maximum Gasteiger partial charge on any atom is 0.322 e. The number of nitro groups is 1. The van der Waals surface area contributed by atoms with E-state index >= 15 is 0 Å². The molecule has 1 fully saturated rings. The van der Waals surface area contributed by atoms with E-state index in [1.54, 1.807) is 0 Å². The summed E-state index contributed by atoms with van der Waals surface area (Å²) in [7, 11) is 0. The number of rotatable bonds is 4. The van der Waals surface area contributed by atoms with Crippen LogP contribution >= 0.6 is 0 Å². The topological polar surface area (TPSA) is 118 Å². The third kappa shape index (κ3) is 1.21. The van der Waals surface area contributed by atoms with Gasteiger partial charge in [0.1, 0.15) is 0 Å². The van der Waals surface area contributed by atoms with Crippen molar-refractivity contribution in [2.24, 2.45) is 16.7 Å². The van der Waals surface area contributed by atoms with Gasteiger partial charge in [-0.15, -0.1) is 0 Å². The minimum absolute atomic E-state index is 0.587. The maximum absolute atomic E-state index is 11.0. The lowest BCUT2D eigenvalue weighted by atomic mass is 9.94. The van der Waals surface area contributed by atoms with Crippen molar-refractivity contribution in [1.82, 2.24) is 0 Å². The molecule has 0 amide bonds. The average Bonchev–Trinajstić information content (AvgIpc) is 2.63. The van der Waals surface area contributed by atoms with Crippen LogP contribution in [0.2, 0.25) is 0 Å². The first-order valence-electron chi connectivity index (χ1n) is 4.51. The molecule has 88 valence electrons. The van der Waals surface area contributed by atoms with Gasteiger partial charge >= 0.3 is 11.9 Å². The number of hydrogen-bond donors (Lipinski definition) is 2. The van der Waals surface area contributed by atoms with Gasteiger partial charge < -0.3 is 10.2 Å². The standard InChI is InChI=1S/C9H11NO6/c1-5-8(2,3-4-10(15)16)9(5,6(11)12)7(13)14/h3-5H,1-2H3,(H,11,12)(H,13,14)/b4-3+. The second kappa shape index (κ2) is 3.29. The molecule has 0 radical (unpaired) electrons. The molecular formula is C9H11NO6.